The lowest BCUT2D eigenvalue weighted by Gasteiger charge is -2.27. The molecule has 1 amide bonds. The van der Waals surface area contributed by atoms with E-state index in [1.54, 1.807) is 48.5 Å². The van der Waals surface area contributed by atoms with E-state index in [1.807, 2.05) is 0 Å². The molecule has 0 bridgehead atoms. The van der Waals surface area contributed by atoms with Crippen molar-refractivity contribution >= 4 is 12.1 Å². The van der Waals surface area contributed by atoms with Crippen LogP contribution in [0.25, 0.3) is 0 Å². The molecule has 0 radical (unpaired) electrons. The van der Waals surface area contributed by atoms with Gasteiger partial charge in [-0.25, -0.2) is 15.1 Å². The summed E-state index contributed by atoms with van der Waals surface area (Å²) < 4.78 is 53.3. The third-order valence-corrected chi connectivity index (χ3v) is 3.84. The number of rotatable bonds is 2. The van der Waals surface area contributed by atoms with Gasteiger partial charge in [-0.2, -0.15) is 13.2 Å². The van der Waals surface area contributed by atoms with Crippen LogP contribution in [0.2, 0.25) is 0 Å². The number of alkyl halides is 3. The van der Waals surface area contributed by atoms with Crippen LogP contribution in [0.3, 0.4) is 0 Å². The SMILES string of the molecule is O=C(Nc1ncc(C(F)(F)F)o1)OC1c2ccccc2Oc2ccccc21. The number of para-hydroxylation sites is 2. The quantitative estimate of drug-likeness (QED) is 0.671. The monoisotopic (exact) mass is 376 g/mol. The molecule has 4 rings (SSSR count). The second-order valence-corrected chi connectivity index (χ2v) is 5.62. The molecule has 0 saturated carbocycles. The van der Waals surface area contributed by atoms with Crippen LogP contribution in [0.15, 0.2) is 59.1 Å². The van der Waals surface area contributed by atoms with Crippen molar-refractivity contribution in [1.29, 1.82) is 0 Å². The van der Waals surface area contributed by atoms with Gasteiger partial charge < -0.3 is 13.9 Å². The summed E-state index contributed by atoms with van der Waals surface area (Å²) in [6.45, 7) is 0. The van der Waals surface area contributed by atoms with Crippen molar-refractivity contribution in [1.82, 2.24) is 4.98 Å². The summed E-state index contributed by atoms with van der Waals surface area (Å²) in [4.78, 5) is 15.6. The predicted molar refractivity (Wildman–Crippen MR) is 86.4 cm³/mol. The predicted octanol–water partition coefficient (Wildman–Crippen LogP) is 5.14. The topological polar surface area (TPSA) is 73.6 Å². The van der Waals surface area contributed by atoms with Crippen LogP contribution < -0.4 is 10.1 Å². The molecule has 6 nitrogen and oxygen atoms in total. The summed E-state index contributed by atoms with van der Waals surface area (Å²) in [5, 5.41) is 2.06. The van der Waals surface area contributed by atoms with Crippen molar-refractivity contribution in [2.24, 2.45) is 0 Å². The minimum Gasteiger partial charge on any atom is -0.456 e. The van der Waals surface area contributed by atoms with Gasteiger partial charge in [-0.15, -0.1) is 0 Å². The van der Waals surface area contributed by atoms with E-state index in [-0.39, 0.29) is 0 Å². The fraction of sp³-hybridized carbons (Fsp3) is 0.111. The third kappa shape index (κ3) is 3.31. The summed E-state index contributed by atoms with van der Waals surface area (Å²) >= 11 is 0. The summed E-state index contributed by atoms with van der Waals surface area (Å²) in [5.74, 6) is -0.284. The van der Waals surface area contributed by atoms with E-state index in [9.17, 15) is 18.0 Å². The van der Waals surface area contributed by atoms with Crippen LogP contribution in [0.4, 0.5) is 24.0 Å². The first-order valence-electron chi connectivity index (χ1n) is 7.78. The number of nitrogens with one attached hydrogen (secondary N) is 1. The molecule has 0 spiro atoms. The van der Waals surface area contributed by atoms with Crippen molar-refractivity contribution in [3.63, 3.8) is 0 Å². The van der Waals surface area contributed by atoms with E-state index >= 15 is 0 Å². The Bertz CT molecular complexity index is 955. The number of amides is 1. The number of nitrogens with zero attached hydrogens (tertiary/aromatic N) is 1. The lowest BCUT2D eigenvalue weighted by molar-refractivity contribution is -0.152. The number of carbonyl (C=O) groups is 1. The minimum absolute atomic E-state index is 0.481. The van der Waals surface area contributed by atoms with Crippen molar-refractivity contribution in [2.75, 3.05) is 5.32 Å². The maximum Gasteiger partial charge on any atom is 0.451 e. The number of hydrogen-bond donors (Lipinski definition) is 1. The van der Waals surface area contributed by atoms with Gasteiger partial charge in [0.05, 0.1) is 6.20 Å². The van der Waals surface area contributed by atoms with Crippen molar-refractivity contribution < 1.29 is 31.9 Å². The van der Waals surface area contributed by atoms with Gasteiger partial charge in [0.2, 0.25) is 5.76 Å². The van der Waals surface area contributed by atoms with E-state index < -0.39 is 30.1 Å². The number of benzene rings is 2. The van der Waals surface area contributed by atoms with Gasteiger partial charge in [0.1, 0.15) is 11.5 Å². The zero-order chi connectivity index (χ0) is 19.0. The Morgan fingerprint density at radius 3 is 2.19 bits per heavy atom. The molecule has 2 heterocycles. The van der Waals surface area contributed by atoms with Crippen LogP contribution in [0, 0.1) is 0 Å². The number of oxazole rings is 1. The molecule has 1 aliphatic rings. The first kappa shape index (κ1) is 17.0. The van der Waals surface area contributed by atoms with E-state index in [4.69, 9.17) is 9.47 Å². The fourth-order valence-electron chi connectivity index (χ4n) is 2.68. The van der Waals surface area contributed by atoms with Crippen molar-refractivity contribution in [3.8, 4) is 11.5 Å². The Kier molecular flexibility index (Phi) is 3.98. The summed E-state index contributed by atoms with van der Waals surface area (Å²) in [6, 6.07) is 13.4. The fourth-order valence-corrected chi connectivity index (χ4v) is 2.68. The lowest BCUT2D eigenvalue weighted by Crippen LogP contribution is -2.21. The number of fused-ring (bicyclic) bond motifs is 2. The van der Waals surface area contributed by atoms with Crippen LogP contribution in [0.5, 0.6) is 11.5 Å². The zero-order valence-corrected chi connectivity index (χ0v) is 13.5. The molecule has 0 aliphatic carbocycles. The van der Waals surface area contributed by atoms with Gasteiger partial charge >= 0.3 is 18.3 Å². The van der Waals surface area contributed by atoms with E-state index in [2.05, 4.69) is 14.7 Å². The molecule has 1 aliphatic heterocycles. The molecule has 0 fully saturated rings. The Labute approximate surface area is 150 Å². The number of hydrogen-bond acceptors (Lipinski definition) is 5. The van der Waals surface area contributed by atoms with Crippen molar-refractivity contribution in [2.45, 2.75) is 12.3 Å². The highest BCUT2D eigenvalue weighted by Gasteiger charge is 2.36. The number of carbonyl (C=O) groups excluding carboxylic acids is 1. The van der Waals surface area contributed by atoms with Crippen LogP contribution in [-0.2, 0) is 10.9 Å². The number of anilines is 1. The molecule has 0 unspecified atom stereocenters. The van der Waals surface area contributed by atoms with E-state index in [0.29, 0.717) is 28.8 Å². The van der Waals surface area contributed by atoms with Gasteiger partial charge in [-0.05, 0) is 12.1 Å². The Balaban J connectivity index is 1.57. The molecule has 138 valence electrons. The molecule has 1 N–H and O–H groups in total. The number of ether oxygens (including phenoxy) is 2. The zero-order valence-electron chi connectivity index (χ0n) is 13.5. The number of aromatic nitrogens is 1. The average Bonchev–Trinajstić information content (AvgIpc) is 3.10. The first-order valence-corrected chi connectivity index (χ1v) is 7.78. The highest BCUT2D eigenvalue weighted by molar-refractivity contribution is 5.82. The van der Waals surface area contributed by atoms with Crippen LogP contribution >= 0.6 is 0 Å². The highest BCUT2D eigenvalue weighted by Crippen LogP contribution is 2.44. The molecule has 0 atom stereocenters. The van der Waals surface area contributed by atoms with E-state index in [1.165, 1.54) is 0 Å². The van der Waals surface area contributed by atoms with Crippen LogP contribution in [0.1, 0.15) is 23.0 Å². The van der Waals surface area contributed by atoms with Gasteiger partial charge in [0.25, 0.3) is 0 Å². The maximum absolute atomic E-state index is 12.6. The molecule has 9 heteroatoms. The average molecular weight is 376 g/mol. The Morgan fingerprint density at radius 1 is 1.04 bits per heavy atom. The molecule has 3 aromatic rings. The molecular formula is C18H11F3N2O4. The maximum atomic E-state index is 12.6. The van der Waals surface area contributed by atoms with Crippen molar-refractivity contribution in [3.05, 3.63) is 71.6 Å². The molecule has 0 saturated heterocycles. The lowest BCUT2D eigenvalue weighted by atomic mass is 9.97. The second-order valence-electron chi connectivity index (χ2n) is 5.62. The molecular weight excluding hydrogens is 365 g/mol. The van der Waals surface area contributed by atoms with Gasteiger partial charge in [0, 0.05) is 11.1 Å². The smallest absolute Gasteiger partial charge is 0.451 e. The molecule has 2 aromatic carbocycles. The normalized spacial score (nSPS) is 13.3. The standard InChI is InChI=1S/C18H11F3N2O4/c19-18(20,21)14-9-22-16(26-14)23-17(24)27-15-10-5-1-3-7-12(10)25-13-8-4-2-6-11(13)15/h1-9,15H,(H,22,23,24). The van der Waals surface area contributed by atoms with Crippen LogP contribution in [-0.4, -0.2) is 11.1 Å². The first-order chi connectivity index (χ1) is 12.9. The summed E-state index contributed by atoms with van der Waals surface area (Å²) in [6.07, 6.45) is -6.03. The molecule has 1 aromatic heterocycles. The van der Waals surface area contributed by atoms with E-state index in [0.717, 1.165) is 0 Å². The second kappa shape index (κ2) is 6.35. The summed E-state index contributed by atoms with van der Waals surface area (Å²) in [5.41, 5.74) is 1.21. The Morgan fingerprint density at radius 2 is 1.63 bits per heavy atom. The minimum atomic E-state index is -4.70. The third-order valence-electron chi connectivity index (χ3n) is 3.84. The van der Waals surface area contributed by atoms with Gasteiger partial charge in [0.15, 0.2) is 6.10 Å². The van der Waals surface area contributed by atoms with Gasteiger partial charge in [-0.3, -0.25) is 0 Å². The van der Waals surface area contributed by atoms with Gasteiger partial charge in [-0.1, -0.05) is 36.4 Å². The summed E-state index contributed by atoms with van der Waals surface area (Å²) in [7, 11) is 0. The molecule has 27 heavy (non-hydrogen) atoms. The number of halogens is 3. The largest absolute Gasteiger partial charge is 0.456 e. The highest BCUT2D eigenvalue weighted by atomic mass is 19.4. The Hall–Kier alpha value is -3.49.